The summed E-state index contributed by atoms with van der Waals surface area (Å²) in [6.45, 7) is 5.08. The Kier molecular flexibility index (Phi) is 5.75. The first-order chi connectivity index (χ1) is 15.6. The highest BCUT2D eigenvalue weighted by Crippen LogP contribution is 2.36. The van der Waals surface area contributed by atoms with Crippen LogP contribution in [0.4, 0.5) is 0 Å². The van der Waals surface area contributed by atoms with Crippen molar-refractivity contribution in [2.45, 2.75) is 31.7 Å². The van der Waals surface area contributed by atoms with Crippen molar-refractivity contribution in [1.29, 1.82) is 0 Å². The lowest BCUT2D eigenvalue weighted by Crippen LogP contribution is -2.21. The minimum Gasteiger partial charge on any atom is -0.485 e. The van der Waals surface area contributed by atoms with Crippen molar-refractivity contribution in [1.82, 2.24) is 14.8 Å². The standard InChI is InChI=1S/C23H21N3O4S2/c1-14-10-17(15(2)26(14)11-16-6-5-9-31-16)18(27)13-32-23-25-24-22(30-23)21-12-28-19-7-3-4-8-20(19)29-21/h3-10,21H,11-13H2,1-2H3/t21-/m0/s1. The molecule has 32 heavy (non-hydrogen) atoms. The molecular formula is C23H21N3O4S2. The van der Waals surface area contributed by atoms with E-state index in [0.717, 1.165) is 23.5 Å². The van der Waals surface area contributed by atoms with Gasteiger partial charge in [0.2, 0.25) is 6.10 Å². The number of ketones is 1. The van der Waals surface area contributed by atoms with E-state index in [1.54, 1.807) is 11.3 Å². The smallest absolute Gasteiger partial charge is 0.277 e. The predicted octanol–water partition coefficient (Wildman–Crippen LogP) is 5.09. The number of nitrogens with zero attached hydrogens (tertiary/aromatic N) is 3. The molecule has 1 aromatic carbocycles. The van der Waals surface area contributed by atoms with Crippen LogP contribution in [0.1, 0.15) is 38.6 Å². The number of thioether (sulfide) groups is 1. The maximum atomic E-state index is 12.9. The molecule has 164 valence electrons. The van der Waals surface area contributed by atoms with E-state index < -0.39 is 6.10 Å². The maximum absolute atomic E-state index is 12.9. The first-order valence-corrected chi connectivity index (χ1v) is 12.0. The van der Waals surface area contributed by atoms with Crippen LogP contribution in [-0.2, 0) is 6.54 Å². The number of carbonyl (C=O) groups excluding carboxylic acids is 1. The van der Waals surface area contributed by atoms with Gasteiger partial charge in [-0.2, -0.15) is 0 Å². The van der Waals surface area contributed by atoms with Gasteiger partial charge in [-0.3, -0.25) is 4.79 Å². The Morgan fingerprint density at radius 1 is 1.19 bits per heavy atom. The maximum Gasteiger partial charge on any atom is 0.277 e. The Hall–Kier alpha value is -3.04. The largest absolute Gasteiger partial charge is 0.485 e. The summed E-state index contributed by atoms with van der Waals surface area (Å²) in [6.07, 6.45) is -0.473. The molecule has 7 nitrogen and oxygen atoms in total. The van der Waals surface area contributed by atoms with Gasteiger partial charge in [-0.05, 0) is 43.5 Å². The fourth-order valence-corrected chi connectivity index (χ4v) is 4.99. The first kappa shape index (κ1) is 20.8. The third-order valence-corrected chi connectivity index (χ3v) is 6.98. The first-order valence-electron chi connectivity index (χ1n) is 10.2. The molecule has 0 saturated carbocycles. The Bertz CT molecular complexity index is 1250. The number of aromatic nitrogens is 3. The minimum atomic E-state index is -0.473. The molecule has 1 aliphatic heterocycles. The van der Waals surface area contributed by atoms with Crippen LogP contribution in [0, 0.1) is 13.8 Å². The van der Waals surface area contributed by atoms with E-state index in [9.17, 15) is 4.79 Å². The van der Waals surface area contributed by atoms with Gasteiger partial charge in [0.05, 0.1) is 12.3 Å². The normalized spacial score (nSPS) is 15.1. The van der Waals surface area contributed by atoms with Gasteiger partial charge < -0.3 is 18.5 Å². The molecule has 0 saturated heterocycles. The van der Waals surface area contributed by atoms with E-state index in [1.165, 1.54) is 16.6 Å². The number of fused-ring (bicyclic) bond motifs is 1. The number of benzene rings is 1. The van der Waals surface area contributed by atoms with Crippen LogP contribution in [0.25, 0.3) is 0 Å². The van der Waals surface area contributed by atoms with Crippen LogP contribution in [0.15, 0.2) is 57.5 Å². The molecule has 0 unspecified atom stereocenters. The summed E-state index contributed by atoms with van der Waals surface area (Å²) < 4.78 is 19.5. The average molecular weight is 468 g/mol. The van der Waals surface area contributed by atoms with Crippen molar-refractivity contribution in [3.8, 4) is 11.5 Å². The van der Waals surface area contributed by atoms with Gasteiger partial charge in [0.1, 0.15) is 6.61 Å². The molecule has 0 bridgehead atoms. The van der Waals surface area contributed by atoms with Gasteiger partial charge in [-0.25, -0.2) is 0 Å². The number of ether oxygens (including phenoxy) is 2. The second kappa shape index (κ2) is 8.84. The van der Waals surface area contributed by atoms with Gasteiger partial charge in [0.25, 0.3) is 11.1 Å². The fraction of sp³-hybridized carbons (Fsp3) is 0.261. The predicted molar refractivity (Wildman–Crippen MR) is 122 cm³/mol. The van der Waals surface area contributed by atoms with Crippen molar-refractivity contribution in [3.63, 3.8) is 0 Å². The van der Waals surface area contributed by atoms with Crippen LogP contribution in [0.5, 0.6) is 11.5 Å². The molecule has 4 heterocycles. The lowest BCUT2D eigenvalue weighted by molar-refractivity contribution is 0.0686. The summed E-state index contributed by atoms with van der Waals surface area (Å²) in [5.41, 5.74) is 2.77. The molecule has 0 aliphatic carbocycles. The molecule has 1 aliphatic rings. The lowest BCUT2D eigenvalue weighted by atomic mass is 10.2. The van der Waals surface area contributed by atoms with Crippen LogP contribution in [-0.4, -0.2) is 32.9 Å². The summed E-state index contributed by atoms with van der Waals surface area (Å²) in [7, 11) is 0. The number of aryl methyl sites for hydroxylation is 1. The van der Waals surface area contributed by atoms with Gasteiger partial charge in [0.15, 0.2) is 17.3 Å². The Morgan fingerprint density at radius 3 is 2.84 bits per heavy atom. The molecule has 0 amide bonds. The molecule has 4 aromatic rings. The van der Waals surface area contributed by atoms with Gasteiger partial charge >= 0.3 is 0 Å². The number of Topliss-reactive ketones (excluding diaryl/α,β-unsaturated/α-hetero) is 1. The molecule has 0 spiro atoms. The molecule has 0 fully saturated rings. The third kappa shape index (κ3) is 4.18. The SMILES string of the molecule is Cc1cc(C(=O)CSc2nnc([C@@H]3COc4ccccc4O3)o2)c(C)n1Cc1cccs1. The number of carbonyl (C=O) groups is 1. The van der Waals surface area contributed by atoms with E-state index >= 15 is 0 Å². The van der Waals surface area contributed by atoms with Gasteiger partial charge in [-0.1, -0.05) is 30.0 Å². The molecular weight excluding hydrogens is 446 g/mol. The van der Waals surface area contributed by atoms with Crippen LogP contribution >= 0.6 is 23.1 Å². The lowest BCUT2D eigenvalue weighted by Gasteiger charge is -2.23. The van der Waals surface area contributed by atoms with Crippen molar-refractivity contribution in [2.24, 2.45) is 0 Å². The van der Waals surface area contributed by atoms with E-state index in [-0.39, 0.29) is 11.5 Å². The molecule has 3 aromatic heterocycles. The molecule has 0 N–H and O–H groups in total. The molecule has 1 atom stereocenters. The highest BCUT2D eigenvalue weighted by atomic mass is 32.2. The summed E-state index contributed by atoms with van der Waals surface area (Å²) in [5, 5.41) is 10.5. The Morgan fingerprint density at radius 2 is 2.03 bits per heavy atom. The molecule has 0 radical (unpaired) electrons. The zero-order valence-electron chi connectivity index (χ0n) is 17.6. The van der Waals surface area contributed by atoms with Gasteiger partial charge in [0, 0.05) is 21.8 Å². The second-order valence-corrected chi connectivity index (χ2v) is 9.39. The number of para-hydroxylation sites is 2. The summed E-state index contributed by atoms with van der Waals surface area (Å²) in [5.74, 6) is 1.93. The van der Waals surface area contributed by atoms with E-state index in [0.29, 0.717) is 29.2 Å². The Balaban J connectivity index is 1.22. The zero-order valence-corrected chi connectivity index (χ0v) is 19.2. The van der Waals surface area contributed by atoms with Crippen molar-refractivity contribution in [2.75, 3.05) is 12.4 Å². The topological polar surface area (TPSA) is 79.4 Å². The van der Waals surface area contributed by atoms with E-state index in [2.05, 4.69) is 26.2 Å². The number of hydrogen-bond donors (Lipinski definition) is 0. The number of rotatable bonds is 7. The fourth-order valence-electron chi connectivity index (χ4n) is 3.64. The highest BCUT2D eigenvalue weighted by Gasteiger charge is 2.27. The summed E-state index contributed by atoms with van der Waals surface area (Å²) in [4.78, 5) is 14.1. The number of hydrogen-bond acceptors (Lipinski definition) is 8. The van der Waals surface area contributed by atoms with Gasteiger partial charge in [-0.15, -0.1) is 21.5 Å². The highest BCUT2D eigenvalue weighted by molar-refractivity contribution is 7.99. The average Bonchev–Trinajstić information content (AvgIpc) is 3.55. The van der Waals surface area contributed by atoms with Crippen LogP contribution in [0.3, 0.4) is 0 Å². The monoisotopic (exact) mass is 467 g/mol. The van der Waals surface area contributed by atoms with Crippen molar-refractivity contribution >= 4 is 28.9 Å². The van der Waals surface area contributed by atoms with Crippen LogP contribution in [0.2, 0.25) is 0 Å². The number of thiophene rings is 1. The van der Waals surface area contributed by atoms with Crippen molar-refractivity contribution < 1.29 is 18.7 Å². The second-order valence-electron chi connectivity index (χ2n) is 7.43. The van der Waals surface area contributed by atoms with Crippen molar-refractivity contribution in [3.05, 3.63) is 75.6 Å². The van der Waals surface area contributed by atoms with Crippen LogP contribution < -0.4 is 9.47 Å². The third-order valence-electron chi connectivity index (χ3n) is 5.30. The summed E-state index contributed by atoms with van der Waals surface area (Å²) >= 11 is 2.94. The molecule has 9 heteroatoms. The quantitative estimate of drug-likeness (QED) is 0.277. The zero-order chi connectivity index (χ0) is 22.1. The summed E-state index contributed by atoms with van der Waals surface area (Å²) in [6, 6.07) is 13.6. The molecule has 5 rings (SSSR count). The Labute approximate surface area is 193 Å². The minimum absolute atomic E-state index is 0.0338. The van der Waals surface area contributed by atoms with E-state index in [1.807, 2.05) is 50.2 Å². The van der Waals surface area contributed by atoms with E-state index in [4.69, 9.17) is 13.9 Å².